The zero-order valence-corrected chi connectivity index (χ0v) is 7.95. The van der Waals surface area contributed by atoms with Crippen molar-refractivity contribution in [3.05, 3.63) is 40.1 Å². The van der Waals surface area contributed by atoms with E-state index >= 15 is 0 Å². The fourth-order valence-corrected chi connectivity index (χ4v) is 1.13. The molecule has 0 aliphatic rings. The lowest BCUT2D eigenvalue weighted by atomic mass is 10.0. The van der Waals surface area contributed by atoms with Crippen LogP contribution in [0, 0.1) is 0 Å². The molecule has 0 bridgehead atoms. The summed E-state index contributed by atoms with van der Waals surface area (Å²) in [7, 11) is 0. The zero-order chi connectivity index (χ0) is 9.84. The van der Waals surface area contributed by atoms with E-state index in [1.807, 2.05) is 0 Å². The van der Waals surface area contributed by atoms with E-state index in [1.54, 1.807) is 12.1 Å². The van der Waals surface area contributed by atoms with Crippen LogP contribution in [0.5, 0.6) is 5.75 Å². The van der Waals surface area contributed by atoms with Crippen molar-refractivity contribution < 1.29 is 5.11 Å². The molecule has 1 rings (SSSR count). The van der Waals surface area contributed by atoms with Crippen LogP contribution in [0.4, 0.5) is 0 Å². The van der Waals surface area contributed by atoms with Crippen LogP contribution in [-0.4, -0.2) is 5.11 Å². The molecule has 1 atom stereocenters. The third-order valence-electron chi connectivity index (χ3n) is 2.29. The summed E-state index contributed by atoms with van der Waals surface area (Å²) >= 11 is 0. The summed E-state index contributed by atoms with van der Waals surface area (Å²) in [6.07, 6.45) is 1.03. The fraction of sp³-hybridized carbons (Fsp3) is 0.364. The first kappa shape index (κ1) is 9.78. The van der Waals surface area contributed by atoms with Crippen molar-refractivity contribution in [2.24, 2.45) is 0 Å². The van der Waals surface area contributed by atoms with Crippen LogP contribution in [0.15, 0.2) is 29.1 Å². The quantitative estimate of drug-likeness (QED) is 0.754. The third kappa shape index (κ3) is 2.31. The van der Waals surface area contributed by atoms with Gasteiger partial charge in [0.15, 0.2) is 5.75 Å². The molecular formula is C11H14O2. The van der Waals surface area contributed by atoms with E-state index in [-0.39, 0.29) is 11.2 Å². The molecule has 0 aromatic heterocycles. The number of hydrogen-bond donors (Lipinski definition) is 1. The lowest BCUT2D eigenvalue weighted by molar-refractivity contribution is 0.471. The van der Waals surface area contributed by atoms with Crippen LogP contribution in [0.1, 0.15) is 31.7 Å². The van der Waals surface area contributed by atoms with Gasteiger partial charge < -0.3 is 5.11 Å². The largest absolute Gasteiger partial charge is 0.504 e. The van der Waals surface area contributed by atoms with Gasteiger partial charge in [-0.25, -0.2) is 0 Å². The van der Waals surface area contributed by atoms with Crippen molar-refractivity contribution in [2.45, 2.75) is 26.2 Å². The number of hydrogen-bond acceptors (Lipinski definition) is 2. The maximum atomic E-state index is 11.0. The summed E-state index contributed by atoms with van der Waals surface area (Å²) in [5.74, 6) is 0.237. The van der Waals surface area contributed by atoms with E-state index in [0.29, 0.717) is 5.92 Å². The highest BCUT2D eigenvalue weighted by Gasteiger charge is 2.01. The van der Waals surface area contributed by atoms with E-state index < -0.39 is 0 Å². The molecule has 13 heavy (non-hydrogen) atoms. The normalized spacial score (nSPS) is 12.5. The van der Waals surface area contributed by atoms with Gasteiger partial charge in [0, 0.05) is 0 Å². The van der Waals surface area contributed by atoms with Gasteiger partial charge in [-0.1, -0.05) is 26.0 Å². The molecule has 0 amide bonds. The first-order valence-corrected chi connectivity index (χ1v) is 4.48. The summed E-state index contributed by atoms with van der Waals surface area (Å²) < 4.78 is 0. The Bertz CT molecular complexity index is 344. The summed E-state index contributed by atoms with van der Waals surface area (Å²) in [4.78, 5) is 11.0. The van der Waals surface area contributed by atoms with Crippen molar-refractivity contribution >= 4 is 0 Å². The van der Waals surface area contributed by atoms with Crippen LogP contribution < -0.4 is 5.43 Å². The van der Waals surface area contributed by atoms with Crippen molar-refractivity contribution in [3.63, 3.8) is 0 Å². The predicted octanol–water partition coefficient (Wildman–Crippen LogP) is 2.27. The average Bonchev–Trinajstić information content (AvgIpc) is 2.30. The molecule has 0 fully saturated rings. The Morgan fingerprint density at radius 3 is 2.54 bits per heavy atom. The maximum Gasteiger partial charge on any atom is 0.220 e. The topological polar surface area (TPSA) is 37.3 Å². The van der Waals surface area contributed by atoms with E-state index in [0.717, 1.165) is 12.0 Å². The van der Waals surface area contributed by atoms with Gasteiger partial charge in [0.1, 0.15) is 0 Å². The highest BCUT2D eigenvalue weighted by atomic mass is 16.3. The van der Waals surface area contributed by atoms with Crippen molar-refractivity contribution in [2.75, 3.05) is 0 Å². The molecular weight excluding hydrogens is 164 g/mol. The Morgan fingerprint density at radius 1 is 1.31 bits per heavy atom. The van der Waals surface area contributed by atoms with Crippen molar-refractivity contribution in [3.8, 4) is 5.75 Å². The molecule has 0 saturated heterocycles. The molecule has 1 aromatic carbocycles. The van der Waals surface area contributed by atoms with Crippen LogP contribution in [0.2, 0.25) is 0 Å². The first-order valence-electron chi connectivity index (χ1n) is 4.48. The van der Waals surface area contributed by atoms with Gasteiger partial charge >= 0.3 is 0 Å². The van der Waals surface area contributed by atoms with Gasteiger partial charge in [-0.3, -0.25) is 4.79 Å². The molecule has 0 aliphatic carbocycles. The Balaban J connectivity index is 3.16. The van der Waals surface area contributed by atoms with Gasteiger partial charge in [0.05, 0.1) is 0 Å². The summed E-state index contributed by atoms with van der Waals surface area (Å²) in [5.41, 5.74) is 0.759. The third-order valence-corrected chi connectivity index (χ3v) is 2.29. The number of rotatable bonds is 2. The molecule has 2 heteroatoms. The van der Waals surface area contributed by atoms with Crippen LogP contribution >= 0.6 is 0 Å². The molecule has 2 nitrogen and oxygen atoms in total. The number of aromatic hydroxyl groups is 1. The minimum Gasteiger partial charge on any atom is -0.504 e. The smallest absolute Gasteiger partial charge is 0.220 e. The Hall–Kier alpha value is -1.31. The molecule has 0 radical (unpaired) electrons. The summed E-state index contributed by atoms with van der Waals surface area (Å²) in [5, 5.41) is 9.15. The fourth-order valence-electron chi connectivity index (χ4n) is 1.13. The average molecular weight is 178 g/mol. The minimum absolute atomic E-state index is 0.186. The lowest BCUT2D eigenvalue weighted by Crippen LogP contribution is -1.92. The van der Waals surface area contributed by atoms with Crippen molar-refractivity contribution in [1.29, 1.82) is 0 Å². The van der Waals surface area contributed by atoms with Gasteiger partial charge in [0.25, 0.3) is 0 Å². The first-order chi connectivity index (χ1) is 6.15. The Kier molecular flexibility index (Phi) is 3.07. The Labute approximate surface area is 77.9 Å². The van der Waals surface area contributed by atoms with Gasteiger partial charge in [-0.05, 0) is 30.0 Å². The SMILES string of the molecule is CCC(C)c1ccc(O)c(=O)cc1. The van der Waals surface area contributed by atoms with E-state index in [9.17, 15) is 4.79 Å². The molecule has 70 valence electrons. The van der Waals surface area contributed by atoms with Gasteiger partial charge in [0.2, 0.25) is 5.43 Å². The monoisotopic (exact) mass is 178 g/mol. The van der Waals surface area contributed by atoms with E-state index in [1.165, 1.54) is 12.1 Å². The maximum absolute atomic E-state index is 11.0. The second-order valence-corrected chi connectivity index (χ2v) is 3.23. The van der Waals surface area contributed by atoms with Gasteiger partial charge in [-0.15, -0.1) is 0 Å². The molecule has 1 unspecified atom stereocenters. The second kappa shape index (κ2) is 4.08. The molecule has 1 aromatic rings. The minimum atomic E-state index is -0.324. The van der Waals surface area contributed by atoms with E-state index in [4.69, 9.17) is 5.11 Å². The highest BCUT2D eigenvalue weighted by Crippen LogP contribution is 2.17. The molecule has 0 heterocycles. The molecule has 1 N–H and O–H groups in total. The molecule has 0 saturated carbocycles. The molecule has 0 aliphatic heterocycles. The lowest BCUT2D eigenvalue weighted by Gasteiger charge is -2.04. The van der Waals surface area contributed by atoms with E-state index in [2.05, 4.69) is 13.8 Å². The van der Waals surface area contributed by atoms with Gasteiger partial charge in [-0.2, -0.15) is 0 Å². The Morgan fingerprint density at radius 2 is 1.92 bits per heavy atom. The molecule has 0 spiro atoms. The summed E-state index contributed by atoms with van der Waals surface area (Å²) in [6, 6.07) is 6.45. The van der Waals surface area contributed by atoms with Crippen LogP contribution in [0.25, 0.3) is 0 Å². The van der Waals surface area contributed by atoms with Crippen LogP contribution in [0.3, 0.4) is 0 Å². The van der Waals surface area contributed by atoms with Crippen LogP contribution in [-0.2, 0) is 0 Å². The van der Waals surface area contributed by atoms with Crippen molar-refractivity contribution in [1.82, 2.24) is 0 Å². The zero-order valence-electron chi connectivity index (χ0n) is 7.95. The second-order valence-electron chi connectivity index (χ2n) is 3.23. The predicted molar refractivity (Wildman–Crippen MR) is 53.1 cm³/mol. The standard InChI is InChI=1S/C11H14O2/c1-3-8(2)9-4-6-10(12)11(13)7-5-9/h4-8H,3H2,1-2H3,(H,12,13). The summed E-state index contributed by atoms with van der Waals surface area (Å²) in [6.45, 7) is 4.19. The highest BCUT2D eigenvalue weighted by molar-refractivity contribution is 5.25.